The van der Waals surface area contributed by atoms with Crippen molar-refractivity contribution in [1.82, 2.24) is 4.31 Å². The molecule has 0 unspecified atom stereocenters. The van der Waals surface area contributed by atoms with Crippen molar-refractivity contribution >= 4 is 27.3 Å². The van der Waals surface area contributed by atoms with Crippen molar-refractivity contribution in [2.75, 3.05) is 25.5 Å². The molecule has 0 radical (unpaired) electrons. The molecule has 0 bridgehead atoms. The van der Waals surface area contributed by atoms with Crippen LogP contribution in [0.1, 0.15) is 12.8 Å². The Balaban J connectivity index is 1.67. The molecule has 30 heavy (non-hydrogen) atoms. The highest BCUT2D eigenvalue weighted by molar-refractivity contribution is 7.89. The van der Waals surface area contributed by atoms with E-state index in [0.717, 1.165) is 12.1 Å². The molecule has 1 fully saturated rings. The van der Waals surface area contributed by atoms with Gasteiger partial charge < -0.3 is 10.1 Å². The number of sulfonamides is 1. The summed E-state index contributed by atoms with van der Waals surface area (Å²) >= 11 is 0. The quantitative estimate of drug-likeness (QED) is 0.548. The number of carbonyl (C=O) groups is 1. The minimum absolute atomic E-state index is 0.00636. The zero-order valence-corrected chi connectivity index (χ0v) is 16.9. The SMILES string of the molecule is COc1ccc([N+](=O)[O-])cc1NC(=O)C1CCN(S(=O)(=O)c2ccc(F)cc2)CC1. The summed E-state index contributed by atoms with van der Waals surface area (Å²) in [6.07, 6.45) is 0.563. The molecule has 0 saturated carbocycles. The number of methoxy groups -OCH3 is 1. The molecule has 1 aliphatic heterocycles. The van der Waals surface area contributed by atoms with Gasteiger partial charge in [-0.2, -0.15) is 4.31 Å². The number of non-ortho nitro benzene ring substituents is 1. The Morgan fingerprint density at radius 2 is 1.83 bits per heavy atom. The number of nitro groups is 1. The van der Waals surface area contributed by atoms with Gasteiger partial charge in [-0.25, -0.2) is 12.8 Å². The summed E-state index contributed by atoms with van der Waals surface area (Å²) in [7, 11) is -2.39. The Hall–Kier alpha value is -3.05. The van der Waals surface area contributed by atoms with Crippen LogP contribution >= 0.6 is 0 Å². The number of nitrogens with zero attached hydrogens (tertiary/aromatic N) is 2. The number of amides is 1. The van der Waals surface area contributed by atoms with Gasteiger partial charge in [-0.1, -0.05) is 0 Å². The molecule has 2 aromatic carbocycles. The first-order valence-corrected chi connectivity index (χ1v) is 10.6. The molecule has 1 saturated heterocycles. The molecule has 0 spiro atoms. The van der Waals surface area contributed by atoms with E-state index in [9.17, 15) is 27.7 Å². The number of ether oxygens (including phenoxy) is 1. The Morgan fingerprint density at radius 1 is 1.20 bits per heavy atom. The number of rotatable bonds is 6. The first kappa shape index (κ1) is 21.7. The Kier molecular flexibility index (Phi) is 6.32. The number of anilines is 1. The molecule has 1 N–H and O–H groups in total. The van der Waals surface area contributed by atoms with Crippen LogP contribution in [0.3, 0.4) is 0 Å². The van der Waals surface area contributed by atoms with Crippen LogP contribution in [0.2, 0.25) is 0 Å². The second-order valence-electron chi connectivity index (χ2n) is 6.76. The van der Waals surface area contributed by atoms with Gasteiger partial charge in [0, 0.05) is 31.1 Å². The molecule has 9 nitrogen and oxygen atoms in total. The summed E-state index contributed by atoms with van der Waals surface area (Å²) in [4.78, 5) is 23.0. The predicted molar refractivity (Wildman–Crippen MR) is 106 cm³/mol. The van der Waals surface area contributed by atoms with E-state index in [1.165, 1.54) is 41.7 Å². The van der Waals surface area contributed by atoms with Crippen molar-refractivity contribution in [2.45, 2.75) is 17.7 Å². The van der Waals surface area contributed by atoms with Crippen LogP contribution < -0.4 is 10.1 Å². The first-order valence-electron chi connectivity index (χ1n) is 9.11. The summed E-state index contributed by atoms with van der Waals surface area (Å²) in [6, 6.07) is 8.46. The van der Waals surface area contributed by atoms with Crippen molar-refractivity contribution in [1.29, 1.82) is 0 Å². The highest BCUT2D eigenvalue weighted by Gasteiger charge is 2.32. The van der Waals surface area contributed by atoms with E-state index in [4.69, 9.17) is 4.74 Å². The third-order valence-corrected chi connectivity index (χ3v) is 6.84. The van der Waals surface area contributed by atoms with Gasteiger partial charge in [0.2, 0.25) is 15.9 Å². The van der Waals surface area contributed by atoms with Gasteiger partial charge in [-0.3, -0.25) is 14.9 Å². The highest BCUT2D eigenvalue weighted by atomic mass is 32.2. The van der Waals surface area contributed by atoms with E-state index in [1.807, 2.05) is 0 Å². The van der Waals surface area contributed by atoms with Crippen LogP contribution in [0.25, 0.3) is 0 Å². The molecule has 2 aromatic rings. The largest absolute Gasteiger partial charge is 0.495 e. The number of halogens is 1. The fraction of sp³-hybridized carbons (Fsp3) is 0.316. The van der Waals surface area contributed by atoms with E-state index in [1.54, 1.807) is 0 Å². The molecular weight excluding hydrogens is 417 g/mol. The van der Waals surface area contributed by atoms with E-state index < -0.39 is 26.7 Å². The van der Waals surface area contributed by atoms with E-state index in [2.05, 4.69) is 5.32 Å². The molecule has 0 aliphatic carbocycles. The molecule has 3 rings (SSSR count). The molecule has 0 atom stereocenters. The van der Waals surface area contributed by atoms with Crippen molar-refractivity contribution in [2.24, 2.45) is 5.92 Å². The minimum Gasteiger partial charge on any atom is -0.495 e. The minimum atomic E-state index is -3.77. The second-order valence-corrected chi connectivity index (χ2v) is 8.70. The zero-order valence-electron chi connectivity index (χ0n) is 16.1. The lowest BCUT2D eigenvalue weighted by Gasteiger charge is -2.30. The number of nitro benzene ring substituents is 1. The fourth-order valence-corrected chi connectivity index (χ4v) is 4.73. The lowest BCUT2D eigenvalue weighted by molar-refractivity contribution is -0.384. The van der Waals surface area contributed by atoms with Crippen LogP contribution in [0.15, 0.2) is 47.4 Å². The average molecular weight is 437 g/mol. The van der Waals surface area contributed by atoms with Gasteiger partial charge in [-0.15, -0.1) is 0 Å². The standard InChI is InChI=1S/C19H20FN3O6S/c1-29-18-7-4-15(23(25)26)12-17(18)21-19(24)13-8-10-22(11-9-13)30(27,28)16-5-2-14(20)3-6-16/h2-7,12-13H,8-11H2,1H3,(H,21,24). The summed E-state index contributed by atoms with van der Waals surface area (Å²) < 4.78 is 44.8. The lowest BCUT2D eigenvalue weighted by Crippen LogP contribution is -2.41. The highest BCUT2D eigenvalue weighted by Crippen LogP contribution is 2.31. The normalized spacial score (nSPS) is 15.5. The molecule has 1 aliphatic rings. The average Bonchev–Trinajstić information content (AvgIpc) is 2.74. The maximum Gasteiger partial charge on any atom is 0.271 e. The van der Waals surface area contributed by atoms with Crippen LogP contribution in [0.4, 0.5) is 15.8 Å². The van der Waals surface area contributed by atoms with Gasteiger partial charge in [-0.05, 0) is 43.2 Å². The fourth-order valence-electron chi connectivity index (χ4n) is 3.26. The lowest BCUT2D eigenvalue weighted by atomic mass is 9.97. The van der Waals surface area contributed by atoms with Crippen molar-refractivity contribution in [3.05, 3.63) is 58.4 Å². The first-order chi connectivity index (χ1) is 14.2. The van der Waals surface area contributed by atoms with Gasteiger partial charge in [0.05, 0.1) is 22.6 Å². The van der Waals surface area contributed by atoms with Gasteiger partial charge >= 0.3 is 0 Å². The second kappa shape index (κ2) is 8.76. The third kappa shape index (κ3) is 4.57. The Morgan fingerprint density at radius 3 is 2.40 bits per heavy atom. The van der Waals surface area contributed by atoms with Crippen LogP contribution in [0, 0.1) is 21.8 Å². The number of hydrogen-bond acceptors (Lipinski definition) is 6. The molecule has 11 heteroatoms. The molecule has 1 amide bonds. The monoisotopic (exact) mass is 437 g/mol. The van der Waals surface area contributed by atoms with Crippen molar-refractivity contribution in [3.63, 3.8) is 0 Å². The Labute approximate surface area is 172 Å². The Bertz CT molecular complexity index is 1050. The van der Waals surface area contributed by atoms with Gasteiger partial charge in [0.15, 0.2) is 0 Å². The number of carbonyl (C=O) groups excluding carboxylic acids is 1. The number of piperidine rings is 1. The van der Waals surface area contributed by atoms with E-state index >= 15 is 0 Å². The van der Waals surface area contributed by atoms with E-state index in [-0.39, 0.29) is 53.9 Å². The number of benzene rings is 2. The summed E-state index contributed by atoms with van der Waals surface area (Å²) in [5.74, 6) is -1.08. The van der Waals surface area contributed by atoms with Gasteiger partial charge in [0.1, 0.15) is 11.6 Å². The summed E-state index contributed by atoms with van der Waals surface area (Å²) in [6.45, 7) is 0.258. The van der Waals surface area contributed by atoms with E-state index in [0.29, 0.717) is 0 Å². The predicted octanol–water partition coefficient (Wildman–Crippen LogP) is 2.78. The van der Waals surface area contributed by atoms with Crippen molar-refractivity contribution < 1.29 is 27.3 Å². The topological polar surface area (TPSA) is 119 Å². The summed E-state index contributed by atoms with van der Waals surface area (Å²) in [5.41, 5.74) is -0.00984. The van der Waals surface area contributed by atoms with Gasteiger partial charge in [0.25, 0.3) is 5.69 Å². The molecule has 160 valence electrons. The molecule has 1 heterocycles. The number of nitrogens with one attached hydrogen (secondary N) is 1. The third-order valence-electron chi connectivity index (χ3n) is 4.93. The maximum absolute atomic E-state index is 13.1. The molecule has 0 aromatic heterocycles. The zero-order chi connectivity index (χ0) is 21.9. The van der Waals surface area contributed by atoms with Crippen LogP contribution in [-0.2, 0) is 14.8 Å². The van der Waals surface area contributed by atoms with Crippen molar-refractivity contribution in [3.8, 4) is 5.75 Å². The van der Waals surface area contributed by atoms with Crippen LogP contribution in [-0.4, -0.2) is 43.8 Å². The maximum atomic E-state index is 13.1. The van der Waals surface area contributed by atoms with Crippen LogP contribution in [0.5, 0.6) is 5.75 Å². The smallest absolute Gasteiger partial charge is 0.271 e. The summed E-state index contributed by atoms with van der Waals surface area (Å²) in [5, 5.41) is 13.6. The molecular formula is C19H20FN3O6S. The number of hydrogen-bond donors (Lipinski definition) is 1.